The van der Waals surface area contributed by atoms with Crippen LogP contribution in [0.1, 0.15) is 39.5 Å². The number of rotatable bonds is 13. The molecular formula is C14H34NO7P. The quantitative estimate of drug-likeness (QED) is 0.302. The largest absolute Gasteiger partial charge is 0.469 e. The van der Waals surface area contributed by atoms with Gasteiger partial charge >= 0.3 is 7.82 Å². The van der Waals surface area contributed by atoms with E-state index in [-0.39, 0.29) is 32.3 Å². The van der Waals surface area contributed by atoms with Gasteiger partial charge in [0, 0.05) is 19.6 Å². The van der Waals surface area contributed by atoms with Gasteiger partial charge in [0.2, 0.25) is 0 Å². The molecule has 0 rings (SSSR count). The van der Waals surface area contributed by atoms with Gasteiger partial charge in [-0.25, -0.2) is 4.57 Å². The lowest BCUT2D eigenvalue weighted by Crippen LogP contribution is -2.32. The molecule has 0 saturated heterocycles. The fourth-order valence-corrected chi connectivity index (χ4v) is 2.27. The normalized spacial score (nSPS) is 12.9. The van der Waals surface area contributed by atoms with Gasteiger partial charge in [-0.15, -0.1) is 0 Å². The second-order valence-corrected chi connectivity index (χ2v) is 6.45. The zero-order valence-corrected chi connectivity index (χ0v) is 15.2. The van der Waals surface area contributed by atoms with E-state index in [9.17, 15) is 4.57 Å². The summed E-state index contributed by atoms with van der Waals surface area (Å²) >= 11 is 0. The summed E-state index contributed by atoms with van der Waals surface area (Å²) in [5.74, 6) is 0.271. The molecule has 0 amide bonds. The summed E-state index contributed by atoms with van der Waals surface area (Å²) in [7, 11) is -4.26. The standard InChI is InChI=1S/C8H19O4P.C6H15NO3/c1-3-5-6-8(4-2)7-12-13(9,10)11;8-4-1-7(2-5-9)3-6-10/h8H,3-7H2,1-2H3,(H2,9,10,11);8-10H,1-6H2. The van der Waals surface area contributed by atoms with Crippen LogP contribution in [0.25, 0.3) is 0 Å². The Morgan fingerprint density at radius 1 is 1.00 bits per heavy atom. The van der Waals surface area contributed by atoms with Crippen LogP contribution < -0.4 is 0 Å². The first-order chi connectivity index (χ1) is 10.8. The highest BCUT2D eigenvalue weighted by molar-refractivity contribution is 7.46. The van der Waals surface area contributed by atoms with E-state index >= 15 is 0 Å². The molecule has 1 unspecified atom stereocenters. The number of aliphatic hydroxyl groups excluding tert-OH is 3. The second-order valence-electron chi connectivity index (χ2n) is 5.22. The Morgan fingerprint density at radius 3 is 1.78 bits per heavy atom. The minimum absolute atomic E-state index is 0.0694. The van der Waals surface area contributed by atoms with Crippen LogP contribution in [0.3, 0.4) is 0 Å². The van der Waals surface area contributed by atoms with Crippen molar-refractivity contribution in [3.05, 3.63) is 0 Å². The Labute approximate surface area is 139 Å². The van der Waals surface area contributed by atoms with Crippen LogP contribution in [-0.2, 0) is 9.09 Å². The Bertz CT molecular complexity index is 274. The molecule has 5 N–H and O–H groups in total. The van der Waals surface area contributed by atoms with Gasteiger partial charge in [-0.2, -0.15) is 0 Å². The van der Waals surface area contributed by atoms with Crippen molar-refractivity contribution in [3.63, 3.8) is 0 Å². The van der Waals surface area contributed by atoms with E-state index < -0.39 is 7.82 Å². The highest BCUT2D eigenvalue weighted by atomic mass is 31.2. The van der Waals surface area contributed by atoms with Gasteiger partial charge < -0.3 is 25.1 Å². The highest BCUT2D eigenvalue weighted by Gasteiger charge is 2.16. The summed E-state index contributed by atoms with van der Waals surface area (Å²) in [6.45, 7) is 6.02. The van der Waals surface area contributed by atoms with Crippen molar-refractivity contribution in [2.24, 2.45) is 5.92 Å². The molecule has 142 valence electrons. The van der Waals surface area contributed by atoms with Gasteiger partial charge in [0.1, 0.15) is 0 Å². The summed E-state index contributed by atoms with van der Waals surface area (Å²) in [4.78, 5) is 18.7. The molecule has 9 heteroatoms. The molecule has 0 aliphatic rings. The zero-order valence-electron chi connectivity index (χ0n) is 14.3. The molecule has 8 nitrogen and oxygen atoms in total. The monoisotopic (exact) mass is 359 g/mol. The molecule has 0 radical (unpaired) electrons. The van der Waals surface area contributed by atoms with E-state index in [0.29, 0.717) is 19.6 Å². The smallest absolute Gasteiger partial charge is 0.395 e. The molecule has 0 spiro atoms. The Hall–Kier alpha value is -0.0500. The van der Waals surface area contributed by atoms with E-state index in [1.807, 2.05) is 6.92 Å². The SMILES string of the molecule is CCCCC(CC)COP(=O)(O)O.OCCN(CCO)CCO. The summed E-state index contributed by atoms with van der Waals surface area (Å²) in [6.07, 6.45) is 4.07. The van der Waals surface area contributed by atoms with Gasteiger partial charge in [0.25, 0.3) is 0 Å². The summed E-state index contributed by atoms with van der Waals surface area (Å²) in [5, 5.41) is 25.5. The molecule has 0 aliphatic carbocycles. The van der Waals surface area contributed by atoms with Crippen LogP contribution in [0.15, 0.2) is 0 Å². The van der Waals surface area contributed by atoms with Gasteiger partial charge in [-0.1, -0.05) is 33.1 Å². The van der Waals surface area contributed by atoms with Crippen LogP contribution in [0.4, 0.5) is 0 Å². The summed E-state index contributed by atoms with van der Waals surface area (Å²) < 4.78 is 14.8. The van der Waals surface area contributed by atoms with Crippen molar-refractivity contribution in [3.8, 4) is 0 Å². The minimum atomic E-state index is -4.26. The number of aliphatic hydroxyl groups is 3. The third kappa shape index (κ3) is 19.9. The van der Waals surface area contributed by atoms with Gasteiger partial charge in [-0.3, -0.25) is 9.42 Å². The average Bonchev–Trinajstić information content (AvgIpc) is 2.48. The Morgan fingerprint density at radius 2 is 1.48 bits per heavy atom. The van der Waals surface area contributed by atoms with E-state index in [2.05, 4.69) is 11.4 Å². The van der Waals surface area contributed by atoms with Crippen molar-refractivity contribution in [2.75, 3.05) is 46.1 Å². The van der Waals surface area contributed by atoms with Crippen molar-refractivity contribution < 1.29 is 34.2 Å². The first kappa shape index (κ1) is 25.2. The maximum Gasteiger partial charge on any atom is 0.469 e. The van der Waals surface area contributed by atoms with E-state index in [4.69, 9.17) is 25.1 Å². The lowest BCUT2D eigenvalue weighted by molar-refractivity contribution is 0.136. The predicted octanol–water partition coefficient (Wildman–Crippen LogP) is 0.577. The summed E-state index contributed by atoms with van der Waals surface area (Å²) in [6, 6.07) is 0. The van der Waals surface area contributed by atoms with Gasteiger partial charge in [0.05, 0.1) is 26.4 Å². The third-order valence-corrected chi connectivity index (χ3v) is 3.76. The van der Waals surface area contributed by atoms with Crippen molar-refractivity contribution in [2.45, 2.75) is 39.5 Å². The fraction of sp³-hybridized carbons (Fsp3) is 1.00. The van der Waals surface area contributed by atoms with Crippen LogP contribution in [0.5, 0.6) is 0 Å². The molecule has 0 saturated carbocycles. The summed E-state index contributed by atoms with van der Waals surface area (Å²) in [5.41, 5.74) is 0. The average molecular weight is 359 g/mol. The second kappa shape index (κ2) is 16.8. The molecular weight excluding hydrogens is 325 g/mol. The number of hydrogen-bond acceptors (Lipinski definition) is 6. The van der Waals surface area contributed by atoms with Crippen LogP contribution in [0, 0.1) is 5.92 Å². The number of phosphoric ester groups is 1. The Kier molecular flexibility index (Phi) is 18.4. The first-order valence-electron chi connectivity index (χ1n) is 8.09. The topological polar surface area (TPSA) is 131 Å². The molecule has 0 fully saturated rings. The fourth-order valence-electron chi connectivity index (χ4n) is 1.86. The molecule has 0 bridgehead atoms. The van der Waals surface area contributed by atoms with Gasteiger partial charge in [-0.05, 0) is 12.3 Å². The lowest BCUT2D eigenvalue weighted by atomic mass is 10.0. The Balaban J connectivity index is 0. The molecule has 0 aromatic heterocycles. The molecule has 1 atom stereocenters. The van der Waals surface area contributed by atoms with Crippen LogP contribution >= 0.6 is 7.82 Å². The maximum atomic E-state index is 10.4. The van der Waals surface area contributed by atoms with Gasteiger partial charge in [0.15, 0.2) is 0 Å². The van der Waals surface area contributed by atoms with Crippen molar-refractivity contribution >= 4 is 7.82 Å². The first-order valence-corrected chi connectivity index (χ1v) is 9.62. The van der Waals surface area contributed by atoms with Crippen molar-refractivity contribution in [1.29, 1.82) is 0 Å². The molecule has 0 aromatic rings. The van der Waals surface area contributed by atoms with E-state index in [1.165, 1.54) is 0 Å². The van der Waals surface area contributed by atoms with E-state index in [1.54, 1.807) is 4.90 Å². The van der Waals surface area contributed by atoms with Crippen LogP contribution in [-0.4, -0.2) is 76.1 Å². The predicted molar refractivity (Wildman–Crippen MR) is 89.0 cm³/mol. The number of nitrogens with zero attached hydrogens (tertiary/aromatic N) is 1. The van der Waals surface area contributed by atoms with Crippen molar-refractivity contribution in [1.82, 2.24) is 4.90 Å². The number of unbranched alkanes of at least 4 members (excludes halogenated alkanes) is 1. The third-order valence-electron chi connectivity index (χ3n) is 3.27. The number of hydrogen-bond donors (Lipinski definition) is 5. The zero-order chi connectivity index (χ0) is 18.1. The van der Waals surface area contributed by atoms with E-state index in [0.717, 1.165) is 25.7 Å². The number of phosphoric acid groups is 1. The highest BCUT2D eigenvalue weighted by Crippen LogP contribution is 2.36. The molecule has 0 aromatic carbocycles. The molecule has 0 aliphatic heterocycles. The molecule has 23 heavy (non-hydrogen) atoms. The molecule has 0 heterocycles. The maximum absolute atomic E-state index is 10.4. The lowest BCUT2D eigenvalue weighted by Gasteiger charge is -2.17. The minimum Gasteiger partial charge on any atom is -0.395 e. The van der Waals surface area contributed by atoms with Crippen LogP contribution in [0.2, 0.25) is 0 Å².